The predicted molar refractivity (Wildman–Crippen MR) is 79.2 cm³/mol. The topological polar surface area (TPSA) is 68.5 Å². The standard InChI is InChI=1S/C12H31N3O2Si/c1-3-16-18(17-4-2)12-6-5-8-14-10-11-15-9-7-13/h14-15,18H,3-13H2,1-2H3. The molecule has 0 spiro atoms. The molecule has 110 valence electrons. The predicted octanol–water partition coefficient (Wildman–Crippen LogP) is 0.198. The summed E-state index contributed by atoms with van der Waals surface area (Å²) in [5, 5.41) is 6.67. The van der Waals surface area contributed by atoms with Crippen molar-refractivity contribution in [3.8, 4) is 0 Å². The molecular formula is C12H31N3O2Si. The second-order valence-corrected chi connectivity index (χ2v) is 6.23. The molecule has 0 saturated carbocycles. The number of hydrogen-bond donors (Lipinski definition) is 3. The lowest BCUT2D eigenvalue weighted by molar-refractivity contribution is 0.212. The highest BCUT2D eigenvalue weighted by Gasteiger charge is 2.10. The maximum atomic E-state index is 5.63. The van der Waals surface area contributed by atoms with Gasteiger partial charge in [0.15, 0.2) is 0 Å². The van der Waals surface area contributed by atoms with Crippen LogP contribution in [-0.4, -0.2) is 55.2 Å². The third-order valence-electron chi connectivity index (χ3n) is 2.55. The first-order chi connectivity index (χ1) is 8.85. The first-order valence-corrected chi connectivity index (χ1v) is 8.95. The molecule has 0 aromatic heterocycles. The van der Waals surface area contributed by atoms with Crippen molar-refractivity contribution in [1.82, 2.24) is 10.6 Å². The molecule has 0 fully saturated rings. The van der Waals surface area contributed by atoms with E-state index in [1.807, 2.05) is 13.8 Å². The Balaban J connectivity index is 3.21. The van der Waals surface area contributed by atoms with E-state index in [9.17, 15) is 0 Å². The van der Waals surface area contributed by atoms with Crippen LogP contribution < -0.4 is 16.4 Å². The molecule has 0 rings (SSSR count). The van der Waals surface area contributed by atoms with Crippen LogP contribution in [0.2, 0.25) is 6.04 Å². The highest BCUT2D eigenvalue weighted by atomic mass is 28.3. The normalized spacial score (nSPS) is 11.3. The van der Waals surface area contributed by atoms with E-state index in [-0.39, 0.29) is 0 Å². The van der Waals surface area contributed by atoms with Crippen molar-refractivity contribution in [3.05, 3.63) is 0 Å². The summed E-state index contributed by atoms with van der Waals surface area (Å²) in [6, 6.07) is 1.12. The van der Waals surface area contributed by atoms with Crippen LogP contribution >= 0.6 is 0 Å². The van der Waals surface area contributed by atoms with Gasteiger partial charge in [-0.1, -0.05) is 6.42 Å². The summed E-state index contributed by atoms with van der Waals surface area (Å²) in [5.41, 5.74) is 5.38. The Morgan fingerprint density at radius 3 is 2.06 bits per heavy atom. The van der Waals surface area contributed by atoms with Gasteiger partial charge in [0.1, 0.15) is 0 Å². The van der Waals surface area contributed by atoms with E-state index >= 15 is 0 Å². The molecule has 0 aliphatic rings. The van der Waals surface area contributed by atoms with Crippen molar-refractivity contribution in [2.75, 3.05) is 45.9 Å². The number of nitrogens with one attached hydrogen (secondary N) is 2. The molecule has 0 aliphatic carbocycles. The van der Waals surface area contributed by atoms with Gasteiger partial charge >= 0.3 is 9.28 Å². The first kappa shape index (κ1) is 18.0. The molecule has 0 bridgehead atoms. The number of rotatable bonds is 14. The minimum absolute atomic E-state index is 0.709. The van der Waals surface area contributed by atoms with Gasteiger partial charge in [-0.15, -0.1) is 0 Å². The van der Waals surface area contributed by atoms with Crippen molar-refractivity contribution in [2.24, 2.45) is 5.73 Å². The first-order valence-electron chi connectivity index (χ1n) is 7.19. The van der Waals surface area contributed by atoms with E-state index in [2.05, 4.69) is 10.6 Å². The fourth-order valence-electron chi connectivity index (χ4n) is 1.68. The molecule has 0 heterocycles. The smallest absolute Gasteiger partial charge is 0.321 e. The van der Waals surface area contributed by atoms with Gasteiger partial charge in [-0.25, -0.2) is 0 Å². The fourth-order valence-corrected chi connectivity index (χ4v) is 3.47. The Labute approximate surface area is 114 Å². The zero-order valence-electron chi connectivity index (χ0n) is 12.0. The Bertz CT molecular complexity index is 158. The summed E-state index contributed by atoms with van der Waals surface area (Å²) in [7, 11) is -1.36. The van der Waals surface area contributed by atoms with Crippen LogP contribution in [0, 0.1) is 0 Å². The third kappa shape index (κ3) is 12.5. The number of nitrogens with two attached hydrogens (primary N) is 1. The van der Waals surface area contributed by atoms with Crippen LogP contribution in [0.5, 0.6) is 0 Å². The Hall–Kier alpha value is 0.0169. The maximum absolute atomic E-state index is 5.63. The zero-order chi connectivity index (χ0) is 13.5. The van der Waals surface area contributed by atoms with Gasteiger partial charge in [-0.3, -0.25) is 0 Å². The molecule has 5 nitrogen and oxygen atoms in total. The van der Waals surface area contributed by atoms with Crippen LogP contribution in [0.4, 0.5) is 0 Å². The monoisotopic (exact) mass is 277 g/mol. The summed E-state index contributed by atoms with van der Waals surface area (Å²) in [4.78, 5) is 0. The average molecular weight is 277 g/mol. The summed E-state index contributed by atoms with van der Waals surface area (Å²) in [6.45, 7) is 10.3. The Morgan fingerprint density at radius 2 is 1.50 bits per heavy atom. The van der Waals surface area contributed by atoms with Crippen molar-refractivity contribution in [3.63, 3.8) is 0 Å². The van der Waals surface area contributed by atoms with Crippen LogP contribution in [0.25, 0.3) is 0 Å². The molecule has 4 N–H and O–H groups in total. The molecule has 0 atom stereocenters. The molecule has 0 saturated heterocycles. The van der Waals surface area contributed by atoms with Gasteiger partial charge in [-0.2, -0.15) is 0 Å². The lowest BCUT2D eigenvalue weighted by Crippen LogP contribution is -2.31. The summed E-state index contributed by atoms with van der Waals surface area (Å²) in [5.74, 6) is 0. The molecule has 18 heavy (non-hydrogen) atoms. The second kappa shape index (κ2) is 15.1. The van der Waals surface area contributed by atoms with Gasteiger partial charge in [0, 0.05) is 39.4 Å². The minimum atomic E-state index is -1.36. The quantitative estimate of drug-likeness (QED) is 0.313. The van der Waals surface area contributed by atoms with E-state index in [1.54, 1.807) is 0 Å². The highest BCUT2D eigenvalue weighted by molar-refractivity contribution is 6.44. The van der Waals surface area contributed by atoms with Crippen LogP contribution in [0.15, 0.2) is 0 Å². The summed E-state index contributed by atoms with van der Waals surface area (Å²) < 4.78 is 11.3. The van der Waals surface area contributed by atoms with Gasteiger partial charge < -0.3 is 25.2 Å². The van der Waals surface area contributed by atoms with E-state index < -0.39 is 9.28 Å². The van der Waals surface area contributed by atoms with E-state index in [0.717, 1.165) is 45.4 Å². The van der Waals surface area contributed by atoms with Gasteiger partial charge in [0.2, 0.25) is 0 Å². The van der Waals surface area contributed by atoms with Gasteiger partial charge in [0.25, 0.3) is 0 Å². The number of hydrogen-bond acceptors (Lipinski definition) is 5. The summed E-state index contributed by atoms with van der Waals surface area (Å²) >= 11 is 0. The molecule has 6 heteroatoms. The lowest BCUT2D eigenvalue weighted by atomic mass is 10.3. The molecule has 0 aliphatic heterocycles. The largest absolute Gasteiger partial charge is 0.397 e. The summed E-state index contributed by atoms with van der Waals surface area (Å²) in [6.07, 6.45) is 2.39. The van der Waals surface area contributed by atoms with Gasteiger partial charge in [-0.05, 0) is 32.9 Å². The van der Waals surface area contributed by atoms with Gasteiger partial charge in [0.05, 0.1) is 0 Å². The Kier molecular flexibility index (Phi) is 15.1. The molecular weight excluding hydrogens is 246 g/mol. The average Bonchev–Trinajstić information content (AvgIpc) is 2.37. The molecule has 0 aromatic carbocycles. The molecule has 0 unspecified atom stereocenters. The second-order valence-electron chi connectivity index (χ2n) is 4.12. The van der Waals surface area contributed by atoms with Crippen molar-refractivity contribution in [2.45, 2.75) is 32.7 Å². The number of unbranched alkanes of at least 4 members (excludes halogenated alkanes) is 1. The molecule has 0 amide bonds. The van der Waals surface area contributed by atoms with Crippen molar-refractivity contribution < 1.29 is 8.85 Å². The third-order valence-corrected chi connectivity index (χ3v) is 4.84. The fraction of sp³-hybridized carbons (Fsp3) is 1.00. The zero-order valence-corrected chi connectivity index (χ0v) is 13.2. The van der Waals surface area contributed by atoms with E-state index in [4.69, 9.17) is 14.6 Å². The lowest BCUT2D eigenvalue weighted by Gasteiger charge is -2.14. The van der Waals surface area contributed by atoms with Crippen molar-refractivity contribution in [1.29, 1.82) is 0 Å². The van der Waals surface area contributed by atoms with Crippen LogP contribution in [0.1, 0.15) is 26.7 Å². The van der Waals surface area contributed by atoms with E-state index in [1.165, 1.54) is 12.8 Å². The highest BCUT2D eigenvalue weighted by Crippen LogP contribution is 2.03. The Morgan fingerprint density at radius 1 is 0.889 bits per heavy atom. The van der Waals surface area contributed by atoms with Crippen molar-refractivity contribution >= 4 is 9.28 Å². The molecule has 0 radical (unpaired) electrons. The minimum Gasteiger partial charge on any atom is -0.397 e. The SMILES string of the molecule is CCO[SiH](CCCCNCCNCCN)OCC. The maximum Gasteiger partial charge on any atom is 0.321 e. The van der Waals surface area contributed by atoms with E-state index in [0.29, 0.717) is 6.54 Å². The van der Waals surface area contributed by atoms with Crippen LogP contribution in [-0.2, 0) is 8.85 Å². The molecule has 0 aromatic rings. The van der Waals surface area contributed by atoms with Crippen LogP contribution in [0.3, 0.4) is 0 Å².